The van der Waals surface area contributed by atoms with E-state index in [9.17, 15) is 0 Å². The van der Waals surface area contributed by atoms with E-state index in [4.69, 9.17) is 11.6 Å². The molecule has 0 aliphatic carbocycles. The summed E-state index contributed by atoms with van der Waals surface area (Å²) in [6.45, 7) is 4.17. The summed E-state index contributed by atoms with van der Waals surface area (Å²) < 4.78 is 0. The van der Waals surface area contributed by atoms with E-state index in [0.717, 1.165) is 12.2 Å². The van der Waals surface area contributed by atoms with Gasteiger partial charge in [0, 0.05) is 6.42 Å². The SMILES string of the molecule is Cc1cc(C)cc(Cc2nc(Cl)n[nH]2)c1. The van der Waals surface area contributed by atoms with Crippen LogP contribution < -0.4 is 0 Å². The van der Waals surface area contributed by atoms with Crippen LogP contribution in [-0.4, -0.2) is 15.2 Å². The molecule has 15 heavy (non-hydrogen) atoms. The molecule has 1 N–H and O–H groups in total. The number of rotatable bonds is 2. The van der Waals surface area contributed by atoms with Gasteiger partial charge in [0.15, 0.2) is 0 Å². The maximum absolute atomic E-state index is 5.64. The molecule has 0 aliphatic rings. The van der Waals surface area contributed by atoms with Crippen LogP contribution in [0.1, 0.15) is 22.5 Å². The summed E-state index contributed by atoms with van der Waals surface area (Å²) in [5.41, 5.74) is 3.74. The van der Waals surface area contributed by atoms with Crippen molar-refractivity contribution >= 4 is 11.6 Å². The van der Waals surface area contributed by atoms with Gasteiger partial charge >= 0.3 is 0 Å². The Labute approximate surface area is 93.5 Å². The third kappa shape index (κ3) is 2.57. The van der Waals surface area contributed by atoms with E-state index in [1.54, 1.807) is 0 Å². The summed E-state index contributed by atoms with van der Waals surface area (Å²) in [5, 5.41) is 6.86. The molecule has 0 radical (unpaired) electrons. The van der Waals surface area contributed by atoms with Gasteiger partial charge in [0.2, 0.25) is 5.28 Å². The Balaban J connectivity index is 2.24. The van der Waals surface area contributed by atoms with Gasteiger partial charge in [0.1, 0.15) is 5.82 Å². The lowest BCUT2D eigenvalue weighted by Crippen LogP contribution is -1.92. The maximum atomic E-state index is 5.64. The van der Waals surface area contributed by atoms with E-state index >= 15 is 0 Å². The normalized spacial score (nSPS) is 10.6. The zero-order chi connectivity index (χ0) is 10.8. The molecule has 3 nitrogen and oxygen atoms in total. The van der Waals surface area contributed by atoms with Crippen molar-refractivity contribution in [2.24, 2.45) is 0 Å². The first kappa shape index (κ1) is 10.2. The van der Waals surface area contributed by atoms with Gasteiger partial charge in [-0.15, -0.1) is 5.10 Å². The van der Waals surface area contributed by atoms with Crippen molar-refractivity contribution in [3.8, 4) is 0 Å². The van der Waals surface area contributed by atoms with E-state index in [1.807, 2.05) is 0 Å². The monoisotopic (exact) mass is 221 g/mol. The van der Waals surface area contributed by atoms with Crippen LogP contribution >= 0.6 is 11.6 Å². The number of nitrogens with one attached hydrogen (secondary N) is 1. The minimum Gasteiger partial charge on any atom is -0.261 e. The van der Waals surface area contributed by atoms with Crippen molar-refractivity contribution in [2.75, 3.05) is 0 Å². The third-order valence-corrected chi connectivity index (χ3v) is 2.33. The largest absolute Gasteiger partial charge is 0.261 e. The van der Waals surface area contributed by atoms with Crippen LogP contribution in [0.25, 0.3) is 0 Å². The number of H-pyrrole nitrogens is 1. The Morgan fingerprint density at radius 1 is 1.20 bits per heavy atom. The molecule has 0 amide bonds. The highest BCUT2D eigenvalue weighted by Crippen LogP contribution is 2.12. The molecule has 0 saturated heterocycles. The van der Waals surface area contributed by atoms with Crippen molar-refractivity contribution < 1.29 is 0 Å². The Hall–Kier alpha value is -1.35. The number of aryl methyl sites for hydroxylation is 2. The average Bonchev–Trinajstić information content (AvgIpc) is 2.49. The molecule has 4 heteroatoms. The van der Waals surface area contributed by atoms with Crippen LogP contribution in [0.5, 0.6) is 0 Å². The van der Waals surface area contributed by atoms with Gasteiger partial charge in [-0.2, -0.15) is 0 Å². The fourth-order valence-electron chi connectivity index (χ4n) is 1.72. The molecule has 0 fully saturated rings. The first-order valence-electron chi connectivity index (χ1n) is 4.77. The lowest BCUT2D eigenvalue weighted by Gasteiger charge is -2.02. The van der Waals surface area contributed by atoms with E-state index in [-0.39, 0.29) is 5.28 Å². The molecular weight excluding hydrogens is 210 g/mol. The number of halogens is 1. The minimum atomic E-state index is 0.273. The van der Waals surface area contributed by atoms with E-state index < -0.39 is 0 Å². The number of hydrogen-bond donors (Lipinski definition) is 1. The number of hydrogen-bond acceptors (Lipinski definition) is 2. The highest BCUT2D eigenvalue weighted by Gasteiger charge is 2.02. The summed E-state index contributed by atoms with van der Waals surface area (Å²) >= 11 is 5.64. The summed E-state index contributed by atoms with van der Waals surface area (Å²) in [6.07, 6.45) is 0.738. The zero-order valence-electron chi connectivity index (χ0n) is 8.71. The molecule has 2 aromatic rings. The highest BCUT2D eigenvalue weighted by molar-refractivity contribution is 6.28. The predicted molar refractivity (Wildman–Crippen MR) is 60.1 cm³/mol. The molecule has 0 atom stereocenters. The number of aromatic amines is 1. The first-order valence-corrected chi connectivity index (χ1v) is 5.15. The van der Waals surface area contributed by atoms with Crippen LogP contribution in [0.15, 0.2) is 18.2 Å². The molecule has 0 saturated carbocycles. The van der Waals surface area contributed by atoms with Gasteiger partial charge in [-0.3, -0.25) is 5.10 Å². The molecule has 0 bridgehead atoms. The lowest BCUT2D eigenvalue weighted by atomic mass is 10.1. The Bertz CT molecular complexity index is 456. The number of aromatic nitrogens is 3. The quantitative estimate of drug-likeness (QED) is 0.847. The van der Waals surface area contributed by atoms with Crippen molar-refractivity contribution in [1.82, 2.24) is 15.2 Å². The van der Waals surface area contributed by atoms with Crippen molar-refractivity contribution in [2.45, 2.75) is 20.3 Å². The second-order valence-corrected chi connectivity index (χ2v) is 4.06. The van der Waals surface area contributed by atoms with Crippen molar-refractivity contribution in [3.63, 3.8) is 0 Å². The molecule has 1 aromatic carbocycles. The van der Waals surface area contributed by atoms with Gasteiger partial charge in [-0.05, 0) is 31.0 Å². The molecule has 1 heterocycles. The number of nitrogens with zero attached hydrogens (tertiary/aromatic N) is 2. The van der Waals surface area contributed by atoms with E-state index in [1.165, 1.54) is 16.7 Å². The van der Waals surface area contributed by atoms with Gasteiger partial charge in [-0.1, -0.05) is 29.3 Å². The van der Waals surface area contributed by atoms with E-state index in [2.05, 4.69) is 47.2 Å². The summed E-state index contributed by atoms with van der Waals surface area (Å²) in [4.78, 5) is 4.06. The summed E-state index contributed by atoms with van der Waals surface area (Å²) in [7, 11) is 0. The average molecular weight is 222 g/mol. The van der Waals surface area contributed by atoms with Crippen molar-refractivity contribution in [3.05, 3.63) is 46.0 Å². The third-order valence-electron chi connectivity index (χ3n) is 2.16. The zero-order valence-corrected chi connectivity index (χ0v) is 9.47. The highest BCUT2D eigenvalue weighted by atomic mass is 35.5. The molecule has 0 unspecified atom stereocenters. The molecular formula is C11H12ClN3. The minimum absolute atomic E-state index is 0.273. The van der Waals surface area contributed by atoms with Gasteiger partial charge < -0.3 is 0 Å². The van der Waals surface area contributed by atoms with Crippen molar-refractivity contribution in [1.29, 1.82) is 0 Å². The van der Waals surface area contributed by atoms with Crippen LogP contribution in [0.3, 0.4) is 0 Å². The fourth-order valence-corrected chi connectivity index (χ4v) is 1.86. The topological polar surface area (TPSA) is 41.6 Å². The van der Waals surface area contributed by atoms with E-state index in [0.29, 0.717) is 0 Å². The first-order chi connectivity index (χ1) is 7.13. The summed E-state index contributed by atoms with van der Waals surface area (Å²) in [5.74, 6) is 0.796. The Morgan fingerprint density at radius 3 is 2.40 bits per heavy atom. The van der Waals surface area contributed by atoms with Gasteiger partial charge in [-0.25, -0.2) is 4.98 Å². The van der Waals surface area contributed by atoms with Crippen LogP contribution in [0, 0.1) is 13.8 Å². The van der Waals surface area contributed by atoms with Crippen LogP contribution in [-0.2, 0) is 6.42 Å². The van der Waals surface area contributed by atoms with Crippen LogP contribution in [0.4, 0.5) is 0 Å². The Morgan fingerprint density at radius 2 is 1.87 bits per heavy atom. The molecule has 78 valence electrons. The smallest absolute Gasteiger partial charge is 0.242 e. The van der Waals surface area contributed by atoms with Crippen LogP contribution in [0.2, 0.25) is 5.28 Å². The fraction of sp³-hybridized carbons (Fsp3) is 0.273. The standard InChI is InChI=1S/C11H12ClN3/c1-7-3-8(2)5-9(4-7)6-10-13-11(12)15-14-10/h3-5H,6H2,1-2H3,(H,13,14,15). The van der Waals surface area contributed by atoms with Gasteiger partial charge in [0.25, 0.3) is 0 Å². The molecule has 1 aromatic heterocycles. The summed E-state index contributed by atoms with van der Waals surface area (Å²) in [6, 6.07) is 6.43. The molecule has 2 rings (SSSR count). The predicted octanol–water partition coefficient (Wildman–Crippen LogP) is 2.67. The Kier molecular flexibility index (Phi) is 2.73. The number of benzene rings is 1. The second kappa shape index (κ2) is 4.03. The lowest BCUT2D eigenvalue weighted by molar-refractivity contribution is 0.969. The maximum Gasteiger partial charge on any atom is 0.242 e. The molecule has 0 aliphatic heterocycles. The van der Waals surface area contributed by atoms with Gasteiger partial charge in [0.05, 0.1) is 0 Å². The second-order valence-electron chi connectivity index (χ2n) is 3.72. The molecule has 0 spiro atoms.